The molecule has 2 aromatic carbocycles. The van der Waals surface area contributed by atoms with E-state index in [-0.39, 0.29) is 18.0 Å². The minimum absolute atomic E-state index is 0.0818. The normalized spacial score (nSPS) is 18.7. The number of piperidine rings is 1. The lowest BCUT2D eigenvalue weighted by Gasteiger charge is -2.47. The van der Waals surface area contributed by atoms with Crippen LogP contribution >= 0.6 is 15.9 Å². The van der Waals surface area contributed by atoms with E-state index in [4.69, 9.17) is 0 Å². The molecule has 0 aliphatic carbocycles. The molecule has 0 aromatic heterocycles. The monoisotopic (exact) mass is 427 g/mol. The van der Waals surface area contributed by atoms with Gasteiger partial charge in [0.2, 0.25) is 0 Å². The van der Waals surface area contributed by atoms with Crippen molar-refractivity contribution in [2.45, 2.75) is 32.4 Å². The van der Waals surface area contributed by atoms with Crippen molar-refractivity contribution in [2.75, 3.05) is 23.3 Å². The number of anilines is 2. The first kappa shape index (κ1) is 18.0. The van der Waals surface area contributed by atoms with Gasteiger partial charge in [-0.15, -0.1) is 0 Å². The molecule has 1 fully saturated rings. The molecule has 1 saturated heterocycles. The maximum atomic E-state index is 12.9. The molecule has 2 aliphatic rings. The molecule has 27 heavy (non-hydrogen) atoms. The number of amides is 2. The summed E-state index contributed by atoms with van der Waals surface area (Å²) in [6.07, 6.45) is 3.27. The number of benzene rings is 2. The van der Waals surface area contributed by atoms with Crippen LogP contribution in [0.1, 0.15) is 46.9 Å². The first-order valence-electron chi connectivity index (χ1n) is 9.37. The summed E-state index contributed by atoms with van der Waals surface area (Å²) in [6.45, 7) is 3.71. The van der Waals surface area contributed by atoms with Gasteiger partial charge in [0.05, 0.1) is 11.3 Å². The molecule has 1 atom stereocenters. The number of carbonyl (C=O) groups is 2. The number of hydrogen-bond donors (Lipinski definition) is 1. The summed E-state index contributed by atoms with van der Waals surface area (Å²) < 4.78 is 0.908. The maximum Gasteiger partial charge on any atom is 0.257 e. The average Bonchev–Trinajstić information content (AvgIpc) is 2.68. The van der Waals surface area contributed by atoms with E-state index in [1.54, 1.807) is 12.1 Å². The van der Waals surface area contributed by atoms with Gasteiger partial charge < -0.3 is 15.1 Å². The summed E-state index contributed by atoms with van der Waals surface area (Å²) in [6, 6.07) is 12.9. The van der Waals surface area contributed by atoms with Crippen LogP contribution in [-0.4, -0.2) is 36.0 Å². The largest absolute Gasteiger partial charge is 0.351 e. The van der Waals surface area contributed by atoms with E-state index in [0.29, 0.717) is 11.1 Å². The summed E-state index contributed by atoms with van der Waals surface area (Å²) >= 11 is 3.41. The molecule has 2 amide bonds. The fraction of sp³-hybridized carbons (Fsp3) is 0.333. The average molecular weight is 428 g/mol. The van der Waals surface area contributed by atoms with Gasteiger partial charge in [-0.25, -0.2) is 0 Å². The summed E-state index contributed by atoms with van der Waals surface area (Å²) in [4.78, 5) is 29.9. The fourth-order valence-corrected chi connectivity index (χ4v) is 4.43. The predicted molar refractivity (Wildman–Crippen MR) is 110 cm³/mol. The van der Waals surface area contributed by atoms with Gasteiger partial charge in [0.25, 0.3) is 11.8 Å². The maximum absolute atomic E-state index is 12.9. The molecule has 0 spiro atoms. The van der Waals surface area contributed by atoms with Crippen molar-refractivity contribution < 1.29 is 9.59 Å². The van der Waals surface area contributed by atoms with Crippen LogP contribution in [0.4, 0.5) is 11.4 Å². The van der Waals surface area contributed by atoms with Crippen LogP contribution in [0, 0.1) is 0 Å². The van der Waals surface area contributed by atoms with Crippen molar-refractivity contribution in [1.29, 1.82) is 0 Å². The Labute approximate surface area is 167 Å². The van der Waals surface area contributed by atoms with Gasteiger partial charge in [-0.05, 0) is 62.6 Å². The Hall–Kier alpha value is -2.34. The predicted octanol–water partition coefficient (Wildman–Crippen LogP) is 4.49. The highest BCUT2D eigenvalue weighted by atomic mass is 79.9. The molecule has 1 N–H and O–H groups in total. The molecule has 4 rings (SSSR count). The molecule has 1 unspecified atom stereocenters. The number of nitrogens with one attached hydrogen (secondary N) is 1. The van der Waals surface area contributed by atoms with Crippen LogP contribution in [0.3, 0.4) is 0 Å². The van der Waals surface area contributed by atoms with E-state index in [1.807, 2.05) is 35.2 Å². The second-order valence-electron chi connectivity index (χ2n) is 6.96. The van der Waals surface area contributed by atoms with E-state index in [2.05, 4.69) is 33.1 Å². The van der Waals surface area contributed by atoms with Gasteiger partial charge in [0.1, 0.15) is 6.17 Å². The lowest BCUT2D eigenvalue weighted by atomic mass is 9.97. The lowest BCUT2D eigenvalue weighted by molar-refractivity contribution is 0.0582. The molecule has 2 aliphatic heterocycles. The summed E-state index contributed by atoms with van der Waals surface area (Å²) in [5, 5.41) is 2.92. The van der Waals surface area contributed by atoms with Gasteiger partial charge >= 0.3 is 0 Å². The zero-order valence-electron chi connectivity index (χ0n) is 15.2. The highest BCUT2D eigenvalue weighted by molar-refractivity contribution is 9.10. The highest BCUT2D eigenvalue weighted by Gasteiger charge is 2.38. The standard InChI is InChI=1S/C21H22BrN3O2/c1-2-24-18-12-14(20(26)23-16-7-5-6-15(22)13-16)9-10-17(18)21(27)25-11-4-3-8-19(24)25/h5-7,9-10,12-13,19H,2-4,8,11H2,1H3,(H,23,26). The smallest absolute Gasteiger partial charge is 0.257 e. The Morgan fingerprint density at radius 2 is 2.07 bits per heavy atom. The molecule has 0 bridgehead atoms. The summed E-state index contributed by atoms with van der Waals surface area (Å²) in [5.41, 5.74) is 2.85. The Kier molecular flexibility index (Phi) is 4.91. The molecule has 0 saturated carbocycles. The minimum Gasteiger partial charge on any atom is -0.351 e. The second-order valence-corrected chi connectivity index (χ2v) is 7.87. The van der Waals surface area contributed by atoms with Crippen LogP contribution in [0.2, 0.25) is 0 Å². The van der Waals surface area contributed by atoms with Crippen molar-refractivity contribution >= 4 is 39.1 Å². The van der Waals surface area contributed by atoms with Crippen LogP contribution in [0.25, 0.3) is 0 Å². The molecule has 140 valence electrons. The molecular weight excluding hydrogens is 406 g/mol. The number of nitrogens with zero attached hydrogens (tertiary/aromatic N) is 2. The molecule has 6 heteroatoms. The second kappa shape index (κ2) is 7.35. The zero-order valence-corrected chi connectivity index (χ0v) is 16.8. The van der Waals surface area contributed by atoms with E-state index in [9.17, 15) is 9.59 Å². The summed E-state index contributed by atoms with van der Waals surface area (Å²) in [5.74, 6) is -0.0937. The van der Waals surface area contributed by atoms with E-state index >= 15 is 0 Å². The van der Waals surface area contributed by atoms with E-state index < -0.39 is 0 Å². The minimum atomic E-state index is -0.175. The van der Waals surface area contributed by atoms with Crippen LogP contribution < -0.4 is 10.2 Å². The first-order valence-corrected chi connectivity index (χ1v) is 10.2. The lowest BCUT2D eigenvalue weighted by Crippen LogP contribution is -2.57. The van der Waals surface area contributed by atoms with Crippen LogP contribution in [0.15, 0.2) is 46.9 Å². The molecule has 0 radical (unpaired) electrons. The van der Waals surface area contributed by atoms with Crippen molar-refractivity contribution in [2.24, 2.45) is 0 Å². The van der Waals surface area contributed by atoms with Crippen molar-refractivity contribution in [1.82, 2.24) is 4.90 Å². The van der Waals surface area contributed by atoms with Gasteiger partial charge in [-0.2, -0.15) is 0 Å². The number of fused-ring (bicyclic) bond motifs is 2. The topological polar surface area (TPSA) is 52.7 Å². The van der Waals surface area contributed by atoms with Crippen molar-refractivity contribution in [3.63, 3.8) is 0 Å². The van der Waals surface area contributed by atoms with Crippen LogP contribution in [0.5, 0.6) is 0 Å². The Balaban J connectivity index is 1.66. The third-order valence-electron chi connectivity index (χ3n) is 5.31. The summed E-state index contributed by atoms with van der Waals surface area (Å²) in [7, 11) is 0. The molecule has 5 nitrogen and oxygen atoms in total. The third-order valence-corrected chi connectivity index (χ3v) is 5.81. The zero-order chi connectivity index (χ0) is 19.0. The van der Waals surface area contributed by atoms with Gasteiger partial charge in [0, 0.05) is 28.8 Å². The highest BCUT2D eigenvalue weighted by Crippen LogP contribution is 2.35. The first-order chi connectivity index (χ1) is 13.1. The Morgan fingerprint density at radius 1 is 1.22 bits per heavy atom. The Bertz CT molecular complexity index is 899. The number of rotatable bonds is 3. The number of carbonyl (C=O) groups excluding carboxylic acids is 2. The molecule has 2 heterocycles. The van der Waals surface area contributed by atoms with Crippen molar-refractivity contribution in [3.05, 3.63) is 58.1 Å². The van der Waals surface area contributed by atoms with Gasteiger partial charge in [0.15, 0.2) is 0 Å². The van der Waals surface area contributed by atoms with Crippen LogP contribution in [-0.2, 0) is 0 Å². The quantitative estimate of drug-likeness (QED) is 0.784. The van der Waals surface area contributed by atoms with E-state index in [0.717, 1.165) is 48.2 Å². The number of halogens is 1. The fourth-order valence-electron chi connectivity index (χ4n) is 4.03. The molecule has 2 aromatic rings. The molecular formula is C21H22BrN3O2. The Morgan fingerprint density at radius 3 is 2.85 bits per heavy atom. The van der Waals surface area contributed by atoms with Gasteiger partial charge in [-0.3, -0.25) is 9.59 Å². The van der Waals surface area contributed by atoms with Gasteiger partial charge in [-0.1, -0.05) is 22.0 Å². The number of hydrogen-bond acceptors (Lipinski definition) is 3. The third kappa shape index (κ3) is 3.34. The van der Waals surface area contributed by atoms with Crippen molar-refractivity contribution in [3.8, 4) is 0 Å². The van der Waals surface area contributed by atoms with E-state index in [1.165, 1.54) is 0 Å². The SMILES string of the molecule is CCN1c2cc(C(=O)Nc3cccc(Br)c3)ccc2C(=O)N2CCCCC21.